The monoisotopic (exact) mass is 303 g/mol. The predicted octanol–water partition coefficient (Wildman–Crippen LogP) is 0.375. The lowest BCUT2D eigenvalue weighted by Crippen LogP contribution is -2.55. The molecular weight excluding hydrogens is 282 g/mol. The van der Waals surface area contributed by atoms with Crippen LogP contribution in [0.5, 0.6) is 5.75 Å². The Morgan fingerprint density at radius 1 is 1.45 bits per heavy atom. The SMILES string of the molecule is CN1C(N)=NC2(c3cc(O)ccc3CC3CCOCC32)C1O. The summed E-state index contributed by atoms with van der Waals surface area (Å²) in [5.74, 6) is 0.981. The quantitative estimate of drug-likeness (QED) is 0.644. The standard InChI is InChI=1S/C16H21N3O3/c1-19-14(21)16(18-15(19)17)12-7-11(20)3-2-9(12)6-10-4-5-22-8-13(10)16/h2-3,7,10,13-14,20-21H,4-6,8H2,1H3,(H2,17,18). The summed E-state index contributed by atoms with van der Waals surface area (Å²) in [5.41, 5.74) is 7.16. The van der Waals surface area contributed by atoms with E-state index >= 15 is 0 Å². The number of phenols is 1. The zero-order valence-corrected chi connectivity index (χ0v) is 12.6. The molecule has 0 saturated carbocycles. The van der Waals surface area contributed by atoms with Gasteiger partial charge in [-0.2, -0.15) is 0 Å². The topological polar surface area (TPSA) is 91.3 Å². The van der Waals surface area contributed by atoms with Crippen LogP contribution in [-0.2, 0) is 16.7 Å². The fourth-order valence-electron chi connectivity index (χ4n) is 4.33. The molecule has 4 unspecified atom stereocenters. The Morgan fingerprint density at radius 2 is 2.27 bits per heavy atom. The van der Waals surface area contributed by atoms with Crippen LogP contribution in [0.3, 0.4) is 0 Å². The van der Waals surface area contributed by atoms with Crippen LogP contribution in [0, 0.1) is 11.8 Å². The van der Waals surface area contributed by atoms with E-state index in [-0.39, 0.29) is 11.7 Å². The third-order valence-corrected chi connectivity index (χ3v) is 5.49. The number of rotatable bonds is 0. The van der Waals surface area contributed by atoms with Crippen molar-refractivity contribution >= 4 is 5.96 Å². The number of ether oxygens (including phenoxy) is 1. The summed E-state index contributed by atoms with van der Waals surface area (Å²) >= 11 is 0. The Morgan fingerprint density at radius 3 is 3.00 bits per heavy atom. The molecule has 4 N–H and O–H groups in total. The number of aliphatic hydroxyl groups excluding tert-OH is 1. The van der Waals surface area contributed by atoms with Gasteiger partial charge >= 0.3 is 0 Å². The van der Waals surface area contributed by atoms with Gasteiger partial charge in [0.25, 0.3) is 0 Å². The Balaban J connectivity index is 1.95. The number of guanidine groups is 1. The Bertz CT molecular complexity index is 648. The molecule has 3 aliphatic rings. The van der Waals surface area contributed by atoms with E-state index in [0.29, 0.717) is 18.5 Å². The molecule has 0 aromatic heterocycles. The van der Waals surface area contributed by atoms with Gasteiger partial charge < -0.3 is 25.6 Å². The van der Waals surface area contributed by atoms with Crippen molar-refractivity contribution in [1.29, 1.82) is 0 Å². The molecule has 4 rings (SSSR count). The first-order chi connectivity index (χ1) is 10.5. The minimum absolute atomic E-state index is 0.0639. The lowest BCUT2D eigenvalue weighted by Gasteiger charge is -2.49. The molecule has 1 aliphatic carbocycles. The molecule has 1 saturated heterocycles. The van der Waals surface area contributed by atoms with Gasteiger partial charge in [-0.05, 0) is 42.0 Å². The zero-order chi connectivity index (χ0) is 15.5. The second-order valence-corrected chi connectivity index (χ2v) is 6.56. The third kappa shape index (κ3) is 1.65. The van der Waals surface area contributed by atoms with Crippen LogP contribution in [-0.4, -0.2) is 47.6 Å². The minimum Gasteiger partial charge on any atom is -0.508 e. The van der Waals surface area contributed by atoms with Crippen LogP contribution >= 0.6 is 0 Å². The van der Waals surface area contributed by atoms with E-state index in [1.807, 2.05) is 6.07 Å². The predicted molar refractivity (Wildman–Crippen MR) is 81.3 cm³/mol. The third-order valence-electron chi connectivity index (χ3n) is 5.49. The average molecular weight is 303 g/mol. The fraction of sp³-hybridized carbons (Fsp3) is 0.562. The van der Waals surface area contributed by atoms with E-state index < -0.39 is 11.8 Å². The van der Waals surface area contributed by atoms with Crippen molar-refractivity contribution in [1.82, 2.24) is 4.90 Å². The van der Waals surface area contributed by atoms with E-state index in [1.165, 1.54) is 0 Å². The van der Waals surface area contributed by atoms with Crippen molar-refractivity contribution in [2.45, 2.75) is 24.6 Å². The van der Waals surface area contributed by atoms with E-state index in [9.17, 15) is 10.2 Å². The molecule has 4 atom stereocenters. The number of nitrogens with two attached hydrogens (primary N) is 1. The maximum Gasteiger partial charge on any atom is 0.194 e. The number of likely N-dealkylation sites (N-methyl/N-ethyl adjacent to an activating group) is 1. The van der Waals surface area contributed by atoms with Gasteiger partial charge in [-0.3, -0.25) is 0 Å². The van der Waals surface area contributed by atoms with Gasteiger partial charge in [0.2, 0.25) is 0 Å². The Kier molecular flexibility index (Phi) is 2.90. The van der Waals surface area contributed by atoms with Crippen LogP contribution in [0.2, 0.25) is 0 Å². The maximum atomic E-state index is 10.9. The van der Waals surface area contributed by atoms with Crippen LogP contribution in [0.25, 0.3) is 0 Å². The van der Waals surface area contributed by atoms with Crippen LogP contribution < -0.4 is 5.73 Å². The van der Waals surface area contributed by atoms with Gasteiger partial charge in [-0.25, -0.2) is 4.99 Å². The number of aliphatic hydroxyl groups is 1. The number of hydrogen-bond acceptors (Lipinski definition) is 6. The Hall–Kier alpha value is -1.79. The van der Waals surface area contributed by atoms with Crippen molar-refractivity contribution in [2.75, 3.05) is 20.3 Å². The summed E-state index contributed by atoms with van der Waals surface area (Å²) in [6.07, 6.45) is 1.04. The lowest BCUT2D eigenvalue weighted by atomic mass is 9.62. The Labute approximate surface area is 129 Å². The molecule has 22 heavy (non-hydrogen) atoms. The number of hydrogen-bond donors (Lipinski definition) is 3. The normalized spacial score (nSPS) is 36.9. The highest BCUT2D eigenvalue weighted by Crippen LogP contribution is 2.53. The molecular formula is C16H21N3O3. The highest BCUT2D eigenvalue weighted by molar-refractivity contribution is 5.81. The second-order valence-electron chi connectivity index (χ2n) is 6.56. The van der Waals surface area contributed by atoms with Gasteiger partial charge in [-0.15, -0.1) is 0 Å². The number of benzene rings is 1. The van der Waals surface area contributed by atoms with Gasteiger partial charge in [0.05, 0.1) is 6.61 Å². The van der Waals surface area contributed by atoms with E-state index in [1.54, 1.807) is 24.1 Å². The van der Waals surface area contributed by atoms with Crippen molar-refractivity contribution in [3.8, 4) is 5.75 Å². The van der Waals surface area contributed by atoms with Crippen molar-refractivity contribution < 1.29 is 14.9 Å². The van der Waals surface area contributed by atoms with Gasteiger partial charge in [-0.1, -0.05) is 6.07 Å². The molecule has 1 aromatic rings. The number of aromatic hydroxyl groups is 1. The van der Waals surface area contributed by atoms with E-state index in [4.69, 9.17) is 10.5 Å². The minimum atomic E-state index is -0.851. The molecule has 0 radical (unpaired) electrons. The molecule has 118 valence electrons. The van der Waals surface area contributed by atoms with Gasteiger partial charge in [0.15, 0.2) is 12.2 Å². The highest BCUT2D eigenvalue weighted by Gasteiger charge is 2.58. The summed E-state index contributed by atoms with van der Waals surface area (Å²) < 4.78 is 5.69. The molecule has 2 heterocycles. The number of fused-ring (bicyclic) bond motifs is 4. The summed E-state index contributed by atoms with van der Waals surface area (Å²) in [6, 6.07) is 5.36. The second kappa shape index (κ2) is 4.60. The molecule has 0 amide bonds. The van der Waals surface area contributed by atoms with Crippen LogP contribution in [0.1, 0.15) is 17.5 Å². The fourth-order valence-corrected chi connectivity index (χ4v) is 4.33. The summed E-state index contributed by atoms with van der Waals surface area (Å²) in [4.78, 5) is 6.29. The summed E-state index contributed by atoms with van der Waals surface area (Å²) in [7, 11) is 1.74. The zero-order valence-electron chi connectivity index (χ0n) is 12.6. The largest absolute Gasteiger partial charge is 0.508 e. The van der Waals surface area contributed by atoms with Crippen molar-refractivity contribution in [3.05, 3.63) is 29.3 Å². The number of aliphatic imine (C=N–C) groups is 1. The highest BCUT2D eigenvalue weighted by atomic mass is 16.5. The first-order valence-corrected chi connectivity index (χ1v) is 7.70. The van der Waals surface area contributed by atoms with Gasteiger partial charge in [0.1, 0.15) is 11.3 Å². The molecule has 1 aromatic carbocycles. The number of nitrogens with zero attached hydrogens (tertiary/aromatic N) is 2. The maximum absolute atomic E-state index is 10.9. The summed E-state index contributed by atoms with van der Waals surface area (Å²) in [6.45, 7) is 1.30. The first kappa shape index (κ1) is 13.8. The average Bonchev–Trinajstić information content (AvgIpc) is 2.74. The molecule has 1 fully saturated rings. The molecule has 1 spiro atoms. The lowest BCUT2D eigenvalue weighted by molar-refractivity contribution is -0.0860. The molecule has 0 bridgehead atoms. The first-order valence-electron chi connectivity index (χ1n) is 7.70. The number of phenolic OH excluding ortho intramolecular Hbond substituents is 1. The molecule has 2 aliphatic heterocycles. The summed E-state index contributed by atoms with van der Waals surface area (Å²) in [5, 5.41) is 20.9. The van der Waals surface area contributed by atoms with Gasteiger partial charge in [0, 0.05) is 19.6 Å². The molecule has 6 heteroatoms. The van der Waals surface area contributed by atoms with E-state index in [2.05, 4.69) is 4.99 Å². The smallest absolute Gasteiger partial charge is 0.194 e. The van der Waals surface area contributed by atoms with E-state index in [0.717, 1.165) is 30.6 Å². The molecule has 6 nitrogen and oxygen atoms in total. The van der Waals surface area contributed by atoms with Crippen LogP contribution in [0.15, 0.2) is 23.2 Å². The van der Waals surface area contributed by atoms with Crippen LogP contribution in [0.4, 0.5) is 0 Å². The van der Waals surface area contributed by atoms with Crippen molar-refractivity contribution in [2.24, 2.45) is 22.6 Å². The van der Waals surface area contributed by atoms with Crippen molar-refractivity contribution in [3.63, 3.8) is 0 Å².